The molecule has 3 heteroatoms. The summed E-state index contributed by atoms with van der Waals surface area (Å²) in [7, 11) is 2.14. The van der Waals surface area contributed by atoms with Gasteiger partial charge in [0.15, 0.2) is 0 Å². The van der Waals surface area contributed by atoms with E-state index < -0.39 is 0 Å². The largest absolute Gasteiger partial charge is 0.355 e. The van der Waals surface area contributed by atoms with Crippen molar-refractivity contribution in [1.82, 2.24) is 10.2 Å². The Morgan fingerprint density at radius 3 is 2.13 bits per heavy atom. The minimum absolute atomic E-state index is 0.0944. The van der Waals surface area contributed by atoms with Crippen LogP contribution in [0.1, 0.15) is 23.5 Å². The molecule has 120 valence electrons. The Hall–Kier alpha value is -2.13. The number of carbonyl (C=O) groups is 1. The van der Waals surface area contributed by atoms with Crippen molar-refractivity contribution in [3.05, 3.63) is 71.8 Å². The summed E-state index contributed by atoms with van der Waals surface area (Å²) in [4.78, 5) is 15.2. The summed E-state index contributed by atoms with van der Waals surface area (Å²) in [6.45, 7) is 2.96. The third kappa shape index (κ3) is 3.99. The molecule has 1 fully saturated rings. The Balaban J connectivity index is 1.74. The predicted molar refractivity (Wildman–Crippen MR) is 93.3 cm³/mol. The van der Waals surface area contributed by atoms with Gasteiger partial charge in [-0.25, -0.2) is 0 Å². The van der Waals surface area contributed by atoms with E-state index in [1.807, 2.05) is 60.7 Å². The second-order valence-corrected chi connectivity index (χ2v) is 6.42. The molecule has 0 spiro atoms. The normalized spacial score (nSPS) is 18.3. The van der Waals surface area contributed by atoms with Crippen LogP contribution in [0.2, 0.25) is 0 Å². The predicted octanol–water partition coefficient (Wildman–Crippen LogP) is 2.89. The number of nitrogens with one attached hydrogen (secondary N) is 1. The van der Waals surface area contributed by atoms with Crippen molar-refractivity contribution in [2.45, 2.75) is 12.3 Å². The molecule has 1 amide bonds. The number of likely N-dealkylation sites (tertiary alicyclic amines) is 1. The van der Waals surface area contributed by atoms with Crippen molar-refractivity contribution in [3.8, 4) is 0 Å². The van der Waals surface area contributed by atoms with Crippen LogP contribution in [-0.4, -0.2) is 37.5 Å². The lowest BCUT2D eigenvalue weighted by Crippen LogP contribution is -2.34. The van der Waals surface area contributed by atoms with Crippen LogP contribution in [0.5, 0.6) is 0 Å². The number of rotatable bonds is 5. The van der Waals surface area contributed by atoms with Gasteiger partial charge in [-0.1, -0.05) is 60.7 Å². The van der Waals surface area contributed by atoms with Crippen LogP contribution in [0.15, 0.2) is 60.7 Å². The first-order valence-corrected chi connectivity index (χ1v) is 8.30. The number of hydrogen-bond acceptors (Lipinski definition) is 2. The van der Waals surface area contributed by atoms with E-state index in [1.54, 1.807) is 0 Å². The molecule has 0 radical (unpaired) electrons. The number of carbonyl (C=O) groups excluding carboxylic acids is 1. The lowest BCUT2D eigenvalue weighted by Gasteiger charge is -2.19. The lowest BCUT2D eigenvalue weighted by atomic mass is 9.90. The molecule has 1 aliphatic rings. The van der Waals surface area contributed by atoms with Gasteiger partial charge in [-0.05, 0) is 37.1 Å². The van der Waals surface area contributed by atoms with Gasteiger partial charge >= 0.3 is 0 Å². The van der Waals surface area contributed by atoms with Crippen molar-refractivity contribution in [1.29, 1.82) is 0 Å². The molecule has 1 atom stereocenters. The second-order valence-electron chi connectivity index (χ2n) is 6.42. The fraction of sp³-hybridized carbons (Fsp3) is 0.350. The van der Waals surface area contributed by atoms with Crippen molar-refractivity contribution in [2.75, 3.05) is 26.7 Å². The summed E-state index contributed by atoms with van der Waals surface area (Å²) in [5.74, 6) is 0.421. The smallest absolute Gasteiger partial charge is 0.232 e. The zero-order chi connectivity index (χ0) is 16.1. The molecule has 3 rings (SSSR count). The molecule has 0 saturated carbocycles. The maximum Gasteiger partial charge on any atom is 0.232 e. The molecule has 23 heavy (non-hydrogen) atoms. The van der Waals surface area contributed by atoms with Gasteiger partial charge in [0.2, 0.25) is 5.91 Å². The van der Waals surface area contributed by atoms with Crippen molar-refractivity contribution < 1.29 is 4.79 Å². The Morgan fingerprint density at radius 2 is 1.65 bits per heavy atom. The molecule has 2 aromatic rings. The molecule has 1 saturated heterocycles. The van der Waals surface area contributed by atoms with E-state index >= 15 is 0 Å². The van der Waals surface area contributed by atoms with E-state index in [0.29, 0.717) is 5.92 Å². The number of nitrogens with zero attached hydrogens (tertiary/aromatic N) is 1. The monoisotopic (exact) mass is 308 g/mol. The van der Waals surface area contributed by atoms with Crippen LogP contribution in [0, 0.1) is 5.92 Å². The summed E-state index contributed by atoms with van der Waals surface area (Å²) in [5.41, 5.74) is 2.08. The van der Waals surface area contributed by atoms with E-state index in [9.17, 15) is 4.79 Å². The van der Waals surface area contributed by atoms with Crippen molar-refractivity contribution in [3.63, 3.8) is 0 Å². The van der Waals surface area contributed by atoms with Crippen LogP contribution in [0.3, 0.4) is 0 Å². The van der Waals surface area contributed by atoms with Crippen molar-refractivity contribution >= 4 is 5.91 Å². The van der Waals surface area contributed by atoms with Crippen LogP contribution in [0.25, 0.3) is 0 Å². The number of amides is 1. The zero-order valence-corrected chi connectivity index (χ0v) is 13.6. The SMILES string of the molecule is CN1CC[C@H](CNC(=O)C(c2ccccc2)c2ccccc2)C1. The Labute approximate surface area is 138 Å². The van der Waals surface area contributed by atoms with Crippen LogP contribution in [0.4, 0.5) is 0 Å². The molecular weight excluding hydrogens is 284 g/mol. The van der Waals surface area contributed by atoms with Crippen LogP contribution < -0.4 is 5.32 Å². The quantitative estimate of drug-likeness (QED) is 0.921. The fourth-order valence-electron chi connectivity index (χ4n) is 3.33. The first-order valence-electron chi connectivity index (χ1n) is 8.30. The van der Waals surface area contributed by atoms with E-state index in [1.165, 1.54) is 0 Å². The van der Waals surface area contributed by atoms with Crippen LogP contribution in [-0.2, 0) is 4.79 Å². The molecule has 1 N–H and O–H groups in total. The molecule has 0 aliphatic carbocycles. The average Bonchev–Trinajstić information content (AvgIpc) is 3.01. The van der Waals surface area contributed by atoms with Gasteiger partial charge in [-0.3, -0.25) is 4.79 Å². The van der Waals surface area contributed by atoms with E-state index in [4.69, 9.17) is 0 Å². The maximum absolute atomic E-state index is 12.9. The van der Waals surface area contributed by atoms with Crippen LogP contribution >= 0.6 is 0 Å². The third-order valence-electron chi connectivity index (χ3n) is 4.58. The first-order chi connectivity index (χ1) is 11.2. The Kier molecular flexibility index (Phi) is 5.09. The molecular formula is C20H24N2O. The zero-order valence-electron chi connectivity index (χ0n) is 13.6. The minimum Gasteiger partial charge on any atom is -0.355 e. The van der Waals surface area contributed by atoms with Gasteiger partial charge in [0.25, 0.3) is 0 Å². The fourth-order valence-corrected chi connectivity index (χ4v) is 3.33. The Bertz CT molecular complexity index is 587. The van der Waals surface area contributed by atoms with E-state index in [0.717, 1.165) is 37.2 Å². The molecule has 0 aromatic heterocycles. The molecule has 0 unspecified atom stereocenters. The summed E-state index contributed by atoms with van der Waals surface area (Å²) in [6.07, 6.45) is 1.16. The highest BCUT2D eigenvalue weighted by atomic mass is 16.1. The second kappa shape index (κ2) is 7.42. The summed E-state index contributed by atoms with van der Waals surface area (Å²) >= 11 is 0. The van der Waals surface area contributed by atoms with E-state index in [2.05, 4.69) is 17.3 Å². The highest BCUT2D eigenvalue weighted by Crippen LogP contribution is 2.25. The molecule has 0 bridgehead atoms. The van der Waals surface area contributed by atoms with Gasteiger partial charge in [0, 0.05) is 13.1 Å². The Morgan fingerprint density at radius 1 is 1.09 bits per heavy atom. The lowest BCUT2D eigenvalue weighted by molar-refractivity contribution is -0.121. The van der Waals surface area contributed by atoms with Gasteiger partial charge in [-0.2, -0.15) is 0 Å². The highest BCUT2D eigenvalue weighted by Gasteiger charge is 2.25. The van der Waals surface area contributed by atoms with Gasteiger partial charge < -0.3 is 10.2 Å². The van der Waals surface area contributed by atoms with Gasteiger partial charge in [-0.15, -0.1) is 0 Å². The maximum atomic E-state index is 12.9. The number of hydrogen-bond donors (Lipinski definition) is 1. The molecule has 1 heterocycles. The molecule has 1 aliphatic heterocycles. The van der Waals surface area contributed by atoms with Gasteiger partial charge in [0.1, 0.15) is 0 Å². The first kappa shape index (κ1) is 15.8. The van der Waals surface area contributed by atoms with Gasteiger partial charge in [0.05, 0.1) is 5.92 Å². The summed E-state index contributed by atoms with van der Waals surface area (Å²) in [6, 6.07) is 20.0. The topological polar surface area (TPSA) is 32.3 Å². The average molecular weight is 308 g/mol. The molecule has 3 nitrogen and oxygen atoms in total. The highest BCUT2D eigenvalue weighted by molar-refractivity contribution is 5.87. The molecule has 2 aromatic carbocycles. The summed E-state index contributed by atoms with van der Waals surface area (Å²) in [5, 5.41) is 3.18. The minimum atomic E-state index is -0.239. The standard InChI is InChI=1S/C20H24N2O/c1-22-13-12-16(15-22)14-21-20(23)19(17-8-4-2-5-9-17)18-10-6-3-7-11-18/h2-11,16,19H,12-15H2,1H3,(H,21,23)/t16-/m1/s1. The van der Waals surface area contributed by atoms with E-state index in [-0.39, 0.29) is 11.8 Å². The van der Waals surface area contributed by atoms with Crippen molar-refractivity contribution in [2.24, 2.45) is 5.92 Å². The number of benzene rings is 2. The summed E-state index contributed by atoms with van der Waals surface area (Å²) < 4.78 is 0. The third-order valence-corrected chi connectivity index (χ3v) is 4.58.